The molecule has 0 unspecified atom stereocenters. The van der Waals surface area contributed by atoms with Crippen molar-refractivity contribution < 1.29 is 22.8 Å². The lowest BCUT2D eigenvalue weighted by molar-refractivity contribution is -0.124. The quantitative estimate of drug-likeness (QED) is 0.196. The van der Waals surface area contributed by atoms with E-state index < -0.39 is 33.9 Å². The third-order valence-corrected chi connectivity index (χ3v) is 9.85. The topological polar surface area (TPSA) is 150 Å². The van der Waals surface area contributed by atoms with E-state index in [0.717, 1.165) is 41.1 Å². The minimum Gasteiger partial charge on any atom is -0.352 e. The highest BCUT2D eigenvalue weighted by atomic mass is 32.2. The first kappa shape index (κ1) is 34.1. The molecule has 242 valence electrons. The van der Waals surface area contributed by atoms with Crippen LogP contribution in [0.5, 0.6) is 0 Å². The average Bonchev–Trinajstić information content (AvgIpc) is 3.51. The number of benzene rings is 2. The summed E-state index contributed by atoms with van der Waals surface area (Å²) in [4.78, 5) is 44.3. The maximum Gasteiger partial charge on any atom is 0.251 e. The molecule has 4 rings (SSSR count). The van der Waals surface area contributed by atoms with E-state index in [9.17, 15) is 22.8 Å². The second-order valence-electron chi connectivity index (χ2n) is 11.5. The average molecular weight is 655 g/mol. The summed E-state index contributed by atoms with van der Waals surface area (Å²) in [6, 6.07) is 12.8. The summed E-state index contributed by atoms with van der Waals surface area (Å²) in [5.74, 6) is -0.996. The predicted octanol–water partition coefficient (Wildman–Crippen LogP) is 3.41. The molecule has 0 saturated heterocycles. The molecule has 0 bridgehead atoms. The molecule has 3 aromatic rings. The predicted molar refractivity (Wildman–Crippen MR) is 177 cm³/mol. The monoisotopic (exact) mass is 654 g/mol. The van der Waals surface area contributed by atoms with Crippen LogP contribution in [0.1, 0.15) is 77.5 Å². The second-order valence-corrected chi connectivity index (χ2v) is 14.2. The van der Waals surface area contributed by atoms with Gasteiger partial charge in [-0.25, -0.2) is 13.4 Å². The van der Waals surface area contributed by atoms with Crippen LogP contribution >= 0.6 is 11.3 Å². The number of nitrogens with one attached hydrogen (secondary N) is 4. The lowest BCUT2D eigenvalue weighted by Gasteiger charge is -2.29. The molecule has 1 aliphatic carbocycles. The third-order valence-electron chi connectivity index (χ3n) is 8.01. The van der Waals surface area contributed by atoms with Gasteiger partial charge in [-0.2, -0.15) is 0 Å². The first-order valence-electron chi connectivity index (χ1n) is 15.1. The summed E-state index contributed by atoms with van der Waals surface area (Å²) in [6.45, 7) is 4.07. The molecule has 1 saturated carbocycles. The largest absolute Gasteiger partial charge is 0.352 e. The number of carbonyl (C=O) groups excluding carboxylic acids is 3. The highest BCUT2D eigenvalue weighted by Gasteiger charge is 2.26. The van der Waals surface area contributed by atoms with E-state index in [-0.39, 0.29) is 34.8 Å². The Morgan fingerprint density at radius 2 is 1.71 bits per heavy atom. The van der Waals surface area contributed by atoms with Crippen molar-refractivity contribution in [1.29, 1.82) is 0 Å². The van der Waals surface area contributed by atoms with E-state index in [1.165, 1.54) is 36.6 Å². The molecule has 0 radical (unpaired) electrons. The van der Waals surface area contributed by atoms with Crippen molar-refractivity contribution in [2.75, 3.05) is 24.2 Å². The van der Waals surface area contributed by atoms with Gasteiger partial charge in [-0.15, -0.1) is 11.3 Å². The van der Waals surface area contributed by atoms with Gasteiger partial charge in [0, 0.05) is 48.6 Å². The molecular formula is C32H42N6O5S2. The van der Waals surface area contributed by atoms with E-state index in [4.69, 9.17) is 0 Å². The standard InChI is InChI=1S/C32H42N6O5S2/c1-5-29(32(41)36-25-12-9-13-25)33-18-26(17-27-19-44-20-34-27)37-31(40)24-14-23(15-28(16-24)38(3)45(4,42)43)30(39)35-21(2)22-10-7-6-8-11-22/h6-8,10-11,14-16,19-21,25-26,29,33H,5,9,12-13,17-18H2,1-4H3,(H,35,39)(H,36,41)(H,37,40)/t21-,26+,29+/m1/s1. The molecule has 13 heteroatoms. The Labute approximate surface area is 269 Å². The van der Waals surface area contributed by atoms with Crippen LogP contribution < -0.4 is 25.6 Å². The Morgan fingerprint density at radius 3 is 2.27 bits per heavy atom. The van der Waals surface area contributed by atoms with Gasteiger partial charge in [-0.1, -0.05) is 37.3 Å². The SMILES string of the molecule is CC[C@H](NC[C@H](Cc1cscn1)NC(=O)c1cc(C(=O)N[C@H](C)c2ccccc2)cc(N(C)S(C)(=O)=O)c1)C(=O)NC1CCC1. The van der Waals surface area contributed by atoms with Gasteiger partial charge in [0.05, 0.1) is 35.2 Å². The smallest absolute Gasteiger partial charge is 0.251 e. The van der Waals surface area contributed by atoms with E-state index in [0.29, 0.717) is 19.4 Å². The number of anilines is 1. The Kier molecular flexibility index (Phi) is 11.7. The van der Waals surface area contributed by atoms with Crippen LogP contribution in [0.3, 0.4) is 0 Å². The fourth-order valence-corrected chi connectivity index (χ4v) is 6.01. The summed E-state index contributed by atoms with van der Waals surface area (Å²) in [7, 11) is -2.31. The van der Waals surface area contributed by atoms with Crippen LogP contribution in [-0.2, 0) is 21.2 Å². The second kappa shape index (κ2) is 15.5. The molecule has 1 fully saturated rings. The number of hydrogen-bond donors (Lipinski definition) is 4. The normalized spacial score (nSPS) is 15.3. The van der Waals surface area contributed by atoms with Gasteiger partial charge in [-0.05, 0) is 56.4 Å². The number of amides is 3. The summed E-state index contributed by atoms with van der Waals surface area (Å²) < 4.78 is 25.9. The number of aromatic nitrogens is 1. The summed E-state index contributed by atoms with van der Waals surface area (Å²) in [5.41, 5.74) is 3.85. The Balaban J connectivity index is 1.55. The molecule has 4 N–H and O–H groups in total. The van der Waals surface area contributed by atoms with Crippen molar-refractivity contribution in [1.82, 2.24) is 26.3 Å². The molecule has 1 heterocycles. The summed E-state index contributed by atoms with van der Waals surface area (Å²) in [6.07, 6.45) is 5.14. The van der Waals surface area contributed by atoms with Crippen molar-refractivity contribution >= 4 is 44.8 Å². The zero-order valence-corrected chi connectivity index (χ0v) is 27.7. The number of thiazole rings is 1. The maximum absolute atomic E-state index is 13.7. The molecule has 0 spiro atoms. The van der Waals surface area contributed by atoms with Gasteiger partial charge < -0.3 is 21.3 Å². The summed E-state index contributed by atoms with van der Waals surface area (Å²) in [5, 5.41) is 14.2. The molecule has 2 aromatic carbocycles. The molecule has 11 nitrogen and oxygen atoms in total. The van der Waals surface area contributed by atoms with Gasteiger partial charge in [0.25, 0.3) is 11.8 Å². The van der Waals surface area contributed by atoms with Crippen LogP contribution in [0.25, 0.3) is 0 Å². The molecule has 3 atom stereocenters. The van der Waals surface area contributed by atoms with Crippen molar-refractivity contribution in [3.8, 4) is 0 Å². The van der Waals surface area contributed by atoms with Crippen molar-refractivity contribution in [2.24, 2.45) is 0 Å². The van der Waals surface area contributed by atoms with Crippen LogP contribution in [-0.4, -0.2) is 69.1 Å². The van der Waals surface area contributed by atoms with E-state index >= 15 is 0 Å². The van der Waals surface area contributed by atoms with Gasteiger partial charge in [0.15, 0.2) is 0 Å². The minimum atomic E-state index is -3.69. The van der Waals surface area contributed by atoms with Gasteiger partial charge >= 0.3 is 0 Å². The summed E-state index contributed by atoms with van der Waals surface area (Å²) >= 11 is 1.45. The lowest BCUT2D eigenvalue weighted by atomic mass is 9.93. The van der Waals surface area contributed by atoms with Gasteiger partial charge in [-0.3, -0.25) is 18.7 Å². The van der Waals surface area contributed by atoms with E-state index in [1.54, 1.807) is 5.51 Å². The Morgan fingerprint density at radius 1 is 1.04 bits per heavy atom. The molecule has 3 amide bonds. The third kappa shape index (κ3) is 9.59. The highest BCUT2D eigenvalue weighted by Crippen LogP contribution is 2.22. The fraction of sp³-hybridized carbons (Fsp3) is 0.438. The lowest BCUT2D eigenvalue weighted by Crippen LogP contribution is -2.53. The Hall–Kier alpha value is -3.81. The van der Waals surface area contributed by atoms with Gasteiger partial charge in [0.1, 0.15) is 0 Å². The van der Waals surface area contributed by atoms with Crippen molar-refractivity contribution in [2.45, 2.75) is 70.1 Å². The minimum absolute atomic E-state index is 0.0576. The first-order chi connectivity index (χ1) is 21.4. The number of carbonyl (C=O) groups is 3. The molecule has 0 aliphatic heterocycles. The fourth-order valence-electron chi connectivity index (χ4n) is 4.95. The van der Waals surface area contributed by atoms with E-state index in [2.05, 4.69) is 26.3 Å². The van der Waals surface area contributed by atoms with Crippen molar-refractivity contribution in [3.05, 3.63) is 81.8 Å². The zero-order valence-electron chi connectivity index (χ0n) is 26.1. The molecule has 45 heavy (non-hydrogen) atoms. The van der Waals surface area contributed by atoms with Crippen LogP contribution in [0, 0.1) is 0 Å². The van der Waals surface area contributed by atoms with E-state index in [1.807, 2.05) is 49.6 Å². The number of rotatable bonds is 15. The van der Waals surface area contributed by atoms with Crippen molar-refractivity contribution in [3.63, 3.8) is 0 Å². The number of nitrogens with zero attached hydrogens (tertiary/aromatic N) is 2. The van der Waals surface area contributed by atoms with Crippen LogP contribution in [0.15, 0.2) is 59.4 Å². The number of hydrogen-bond acceptors (Lipinski definition) is 8. The molecule has 1 aromatic heterocycles. The zero-order chi connectivity index (χ0) is 32.6. The number of sulfonamides is 1. The Bertz CT molecular complexity index is 1560. The molecular weight excluding hydrogens is 613 g/mol. The van der Waals surface area contributed by atoms with Crippen LogP contribution in [0.2, 0.25) is 0 Å². The van der Waals surface area contributed by atoms with Gasteiger partial charge in [0.2, 0.25) is 15.9 Å². The molecule has 1 aliphatic rings. The van der Waals surface area contributed by atoms with Crippen LogP contribution in [0.4, 0.5) is 5.69 Å². The maximum atomic E-state index is 13.7. The first-order valence-corrected chi connectivity index (χ1v) is 17.9. The highest BCUT2D eigenvalue weighted by molar-refractivity contribution is 7.92.